The van der Waals surface area contributed by atoms with Crippen LogP contribution in [0.5, 0.6) is 0 Å². The van der Waals surface area contributed by atoms with Crippen LogP contribution in [-0.2, 0) is 17.6 Å². The average Bonchev–Trinajstić information content (AvgIpc) is 2.59. The molecule has 0 radical (unpaired) electrons. The summed E-state index contributed by atoms with van der Waals surface area (Å²) in [6.07, 6.45) is 3.07. The quantitative estimate of drug-likeness (QED) is 0.684. The first kappa shape index (κ1) is 9.72. The highest BCUT2D eigenvalue weighted by atomic mass is 35.5. The zero-order chi connectivity index (χ0) is 10.1. The van der Waals surface area contributed by atoms with Crippen molar-refractivity contribution >= 4 is 17.9 Å². The van der Waals surface area contributed by atoms with Crippen LogP contribution in [0, 0.1) is 11.8 Å². The van der Waals surface area contributed by atoms with E-state index in [1.165, 1.54) is 11.1 Å². The summed E-state index contributed by atoms with van der Waals surface area (Å²) in [6, 6.07) is 6.03. The summed E-state index contributed by atoms with van der Waals surface area (Å²) >= 11 is 5.91. The van der Waals surface area contributed by atoms with Gasteiger partial charge >= 0.3 is 0 Å². The van der Waals surface area contributed by atoms with Crippen LogP contribution in [-0.4, -0.2) is 6.29 Å². The maximum absolute atomic E-state index is 10.7. The van der Waals surface area contributed by atoms with Gasteiger partial charge in [-0.05, 0) is 42.0 Å². The average molecular weight is 209 g/mol. The molecule has 1 aliphatic carbocycles. The van der Waals surface area contributed by atoms with Crippen molar-refractivity contribution in [3.63, 3.8) is 0 Å². The molecule has 0 N–H and O–H groups in total. The molecular weight excluding hydrogens is 196 g/mol. The summed E-state index contributed by atoms with van der Waals surface area (Å²) in [5.41, 5.74) is 2.67. The summed E-state index contributed by atoms with van der Waals surface area (Å²) < 4.78 is 0. The maximum Gasteiger partial charge on any atom is 0.123 e. The van der Waals surface area contributed by atoms with Gasteiger partial charge in [-0.25, -0.2) is 0 Å². The normalized spacial score (nSPS) is 21.7. The lowest BCUT2D eigenvalue weighted by molar-refractivity contribution is -0.111. The zero-order valence-corrected chi connectivity index (χ0v) is 8.92. The van der Waals surface area contributed by atoms with Crippen molar-refractivity contribution in [2.75, 3.05) is 0 Å². The number of halogens is 1. The van der Waals surface area contributed by atoms with Gasteiger partial charge < -0.3 is 4.79 Å². The Morgan fingerprint density at radius 2 is 2.14 bits per heavy atom. The number of benzene rings is 1. The highest BCUT2D eigenvalue weighted by molar-refractivity contribution is 6.30. The number of fused-ring (bicyclic) bond motifs is 1. The summed E-state index contributed by atoms with van der Waals surface area (Å²) in [6.45, 7) is 1.99. The molecule has 0 aromatic heterocycles. The topological polar surface area (TPSA) is 17.1 Å². The summed E-state index contributed by atoms with van der Waals surface area (Å²) in [7, 11) is 0. The van der Waals surface area contributed by atoms with E-state index in [0.29, 0.717) is 5.92 Å². The Kier molecular flexibility index (Phi) is 2.60. The van der Waals surface area contributed by atoms with E-state index in [4.69, 9.17) is 11.6 Å². The minimum absolute atomic E-state index is 0.154. The minimum Gasteiger partial charge on any atom is -0.303 e. The third-order valence-corrected chi connectivity index (χ3v) is 3.33. The highest BCUT2D eigenvalue weighted by Gasteiger charge is 2.25. The predicted octanol–water partition coefficient (Wildman–Crippen LogP) is 2.89. The third kappa shape index (κ3) is 1.69. The fourth-order valence-electron chi connectivity index (χ4n) is 2.10. The van der Waals surface area contributed by atoms with Crippen LogP contribution >= 0.6 is 11.6 Å². The Hall–Kier alpha value is -0.820. The first-order valence-electron chi connectivity index (χ1n) is 4.93. The number of carbonyl (C=O) groups is 1. The summed E-state index contributed by atoms with van der Waals surface area (Å²) in [4.78, 5) is 10.7. The molecule has 2 rings (SSSR count). The fourth-order valence-corrected chi connectivity index (χ4v) is 2.30. The van der Waals surface area contributed by atoms with Crippen LogP contribution in [0.15, 0.2) is 18.2 Å². The molecule has 0 saturated carbocycles. The molecule has 2 atom stereocenters. The van der Waals surface area contributed by atoms with Crippen molar-refractivity contribution in [2.24, 2.45) is 11.8 Å². The van der Waals surface area contributed by atoms with Gasteiger partial charge in [0, 0.05) is 10.9 Å². The number of hydrogen-bond acceptors (Lipinski definition) is 1. The predicted molar refractivity (Wildman–Crippen MR) is 57.6 cm³/mol. The van der Waals surface area contributed by atoms with Gasteiger partial charge in [-0.3, -0.25) is 0 Å². The standard InChI is InChI=1S/C12H13ClO/c1-8(7-14)10-4-9-2-3-12(13)6-11(9)5-10/h2-3,6-8,10H,4-5H2,1H3. The highest BCUT2D eigenvalue weighted by Crippen LogP contribution is 2.32. The van der Waals surface area contributed by atoms with Gasteiger partial charge in [-0.2, -0.15) is 0 Å². The third-order valence-electron chi connectivity index (χ3n) is 3.09. The SMILES string of the molecule is CC(C=O)C1Cc2ccc(Cl)cc2C1. The van der Waals surface area contributed by atoms with Crippen molar-refractivity contribution in [1.82, 2.24) is 0 Å². The van der Waals surface area contributed by atoms with E-state index in [-0.39, 0.29) is 5.92 Å². The number of rotatable bonds is 2. The first-order chi connectivity index (χ1) is 6.70. The van der Waals surface area contributed by atoms with Crippen LogP contribution in [0.1, 0.15) is 18.1 Å². The number of hydrogen-bond donors (Lipinski definition) is 0. The molecule has 1 aliphatic rings. The van der Waals surface area contributed by atoms with E-state index in [1.807, 2.05) is 19.1 Å². The van der Waals surface area contributed by atoms with E-state index in [1.54, 1.807) is 0 Å². The van der Waals surface area contributed by atoms with Gasteiger partial charge in [0.25, 0.3) is 0 Å². The van der Waals surface area contributed by atoms with Crippen LogP contribution in [0.4, 0.5) is 0 Å². The fraction of sp³-hybridized carbons (Fsp3) is 0.417. The molecule has 2 unspecified atom stereocenters. The minimum atomic E-state index is 0.154. The van der Waals surface area contributed by atoms with E-state index in [2.05, 4.69) is 6.07 Å². The van der Waals surface area contributed by atoms with Crippen LogP contribution < -0.4 is 0 Å². The molecule has 0 spiro atoms. The second kappa shape index (κ2) is 3.74. The Labute approximate surface area is 89.1 Å². The van der Waals surface area contributed by atoms with E-state index >= 15 is 0 Å². The molecule has 0 heterocycles. The van der Waals surface area contributed by atoms with Gasteiger partial charge in [-0.1, -0.05) is 24.6 Å². The molecule has 74 valence electrons. The van der Waals surface area contributed by atoms with Gasteiger partial charge in [0.15, 0.2) is 0 Å². The molecule has 2 heteroatoms. The Bertz CT molecular complexity index is 359. The molecule has 0 saturated heterocycles. The molecule has 1 nitrogen and oxygen atoms in total. The molecule has 0 aliphatic heterocycles. The summed E-state index contributed by atoms with van der Waals surface area (Å²) in [5, 5.41) is 0.795. The molecule has 0 bridgehead atoms. The largest absolute Gasteiger partial charge is 0.303 e. The van der Waals surface area contributed by atoms with E-state index in [0.717, 1.165) is 24.2 Å². The Balaban J connectivity index is 2.21. The lowest BCUT2D eigenvalue weighted by atomic mass is 9.93. The van der Waals surface area contributed by atoms with E-state index in [9.17, 15) is 4.79 Å². The van der Waals surface area contributed by atoms with Crippen molar-refractivity contribution < 1.29 is 4.79 Å². The van der Waals surface area contributed by atoms with Crippen molar-refractivity contribution in [2.45, 2.75) is 19.8 Å². The molecular formula is C12H13ClO. The van der Waals surface area contributed by atoms with Gasteiger partial charge in [0.1, 0.15) is 6.29 Å². The zero-order valence-electron chi connectivity index (χ0n) is 8.16. The van der Waals surface area contributed by atoms with Crippen LogP contribution in [0.3, 0.4) is 0 Å². The van der Waals surface area contributed by atoms with Crippen molar-refractivity contribution in [3.8, 4) is 0 Å². The monoisotopic (exact) mass is 208 g/mol. The molecule has 0 amide bonds. The molecule has 0 fully saturated rings. The lowest BCUT2D eigenvalue weighted by Crippen LogP contribution is -2.12. The van der Waals surface area contributed by atoms with Crippen LogP contribution in [0.25, 0.3) is 0 Å². The molecule has 1 aromatic carbocycles. The maximum atomic E-state index is 10.7. The van der Waals surface area contributed by atoms with Gasteiger partial charge in [-0.15, -0.1) is 0 Å². The number of carbonyl (C=O) groups excluding carboxylic acids is 1. The van der Waals surface area contributed by atoms with E-state index < -0.39 is 0 Å². The number of aldehydes is 1. The lowest BCUT2D eigenvalue weighted by Gasteiger charge is -2.10. The second-order valence-electron chi connectivity index (χ2n) is 4.08. The van der Waals surface area contributed by atoms with Crippen molar-refractivity contribution in [1.29, 1.82) is 0 Å². The van der Waals surface area contributed by atoms with Crippen LogP contribution in [0.2, 0.25) is 5.02 Å². The van der Waals surface area contributed by atoms with Crippen molar-refractivity contribution in [3.05, 3.63) is 34.3 Å². The molecule has 14 heavy (non-hydrogen) atoms. The second-order valence-corrected chi connectivity index (χ2v) is 4.51. The smallest absolute Gasteiger partial charge is 0.123 e. The first-order valence-corrected chi connectivity index (χ1v) is 5.31. The van der Waals surface area contributed by atoms with Gasteiger partial charge in [0.05, 0.1) is 0 Å². The van der Waals surface area contributed by atoms with Gasteiger partial charge in [0.2, 0.25) is 0 Å². The molecule has 1 aromatic rings. The Morgan fingerprint density at radius 3 is 2.86 bits per heavy atom. The summed E-state index contributed by atoms with van der Waals surface area (Å²) in [5.74, 6) is 0.627. The Morgan fingerprint density at radius 1 is 1.43 bits per heavy atom.